The van der Waals surface area contributed by atoms with Gasteiger partial charge < -0.3 is 15.5 Å². The van der Waals surface area contributed by atoms with Crippen LogP contribution >= 0.6 is 0 Å². The minimum absolute atomic E-state index is 0.0276. The van der Waals surface area contributed by atoms with Crippen LogP contribution in [0.5, 0.6) is 0 Å². The maximum atomic E-state index is 12.5. The van der Waals surface area contributed by atoms with Crippen molar-refractivity contribution in [3.63, 3.8) is 0 Å². The van der Waals surface area contributed by atoms with Crippen LogP contribution in [0, 0.1) is 0 Å². The molecule has 0 aliphatic heterocycles. The Kier molecular flexibility index (Phi) is 62.7. The Morgan fingerprint density at radius 3 is 0.904 bits per heavy atom. The van der Waals surface area contributed by atoms with Crippen LogP contribution in [0.1, 0.15) is 354 Å². The van der Waals surface area contributed by atoms with Gasteiger partial charge in [-0.05, 0) is 57.8 Å². The molecule has 4 heteroatoms. The standard InChI is InChI=1S/C69H129NO3/c1-3-5-7-9-11-13-15-17-19-21-23-25-27-29-31-33-35-37-39-41-43-45-47-49-51-53-55-57-59-61-63-65-69(73)70-67(66-71)68(72)64-62-60-58-56-54-52-50-48-46-44-42-40-38-36-34-32-30-28-26-24-22-20-18-16-14-12-10-8-6-4-2/h5,7,11,13,17,19,23,25,29,31,67-68,71-72H,3-4,6,8-10,12,14-16,18,20-22,24,26-28,30,32-66H2,1-2H3,(H,70,73)/b7-5-,13-11-,19-17-,25-23-,31-29-. The zero-order chi connectivity index (χ0) is 52.7. The second-order valence-corrected chi connectivity index (χ2v) is 22.5. The Labute approximate surface area is 457 Å². The van der Waals surface area contributed by atoms with Crippen LogP contribution in [0.4, 0.5) is 0 Å². The van der Waals surface area contributed by atoms with E-state index in [9.17, 15) is 15.0 Å². The van der Waals surface area contributed by atoms with Gasteiger partial charge in [0.2, 0.25) is 5.91 Å². The van der Waals surface area contributed by atoms with E-state index in [0.717, 1.165) is 57.8 Å². The quantitative estimate of drug-likeness (QED) is 0.0420. The number of rotatable bonds is 61. The van der Waals surface area contributed by atoms with Gasteiger partial charge in [0.1, 0.15) is 0 Å². The first-order valence-electron chi connectivity index (χ1n) is 33.0. The fourth-order valence-corrected chi connectivity index (χ4v) is 10.3. The molecule has 2 unspecified atom stereocenters. The molecular weight excluding hydrogens is 891 g/mol. The second kappa shape index (κ2) is 64.4. The lowest BCUT2D eigenvalue weighted by molar-refractivity contribution is -0.123. The predicted molar refractivity (Wildman–Crippen MR) is 327 cm³/mol. The van der Waals surface area contributed by atoms with Crippen molar-refractivity contribution in [1.82, 2.24) is 5.32 Å². The summed E-state index contributed by atoms with van der Waals surface area (Å²) in [6.07, 6.45) is 91.1. The zero-order valence-corrected chi connectivity index (χ0v) is 49.4. The number of unbranched alkanes of at least 4 members (excludes halogenated alkanes) is 44. The number of carbonyl (C=O) groups excluding carboxylic acids is 1. The number of nitrogens with one attached hydrogen (secondary N) is 1. The largest absolute Gasteiger partial charge is 0.394 e. The van der Waals surface area contributed by atoms with Gasteiger partial charge in [-0.3, -0.25) is 4.79 Å². The molecule has 2 atom stereocenters. The average molecular weight is 1020 g/mol. The molecule has 0 aromatic carbocycles. The summed E-state index contributed by atoms with van der Waals surface area (Å²) in [6.45, 7) is 4.28. The summed E-state index contributed by atoms with van der Waals surface area (Å²) in [7, 11) is 0. The van der Waals surface area contributed by atoms with Crippen molar-refractivity contribution in [1.29, 1.82) is 0 Å². The molecule has 0 saturated carbocycles. The molecule has 0 aliphatic carbocycles. The third-order valence-corrected chi connectivity index (χ3v) is 15.3. The molecule has 428 valence electrons. The van der Waals surface area contributed by atoms with E-state index in [0.29, 0.717) is 12.8 Å². The van der Waals surface area contributed by atoms with Gasteiger partial charge in [0.15, 0.2) is 0 Å². The highest BCUT2D eigenvalue weighted by Gasteiger charge is 2.20. The van der Waals surface area contributed by atoms with Crippen LogP contribution in [-0.4, -0.2) is 34.9 Å². The Hall–Kier alpha value is -1.91. The number of aliphatic hydroxyl groups excluding tert-OH is 2. The third kappa shape index (κ3) is 60.8. The first-order chi connectivity index (χ1) is 36.2. The van der Waals surface area contributed by atoms with Crippen LogP contribution < -0.4 is 5.32 Å². The number of hydrogen-bond acceptors (Lipinski definition) is 3. The molecule has 73 heavy (non-hydrogen) atoms. The molecule has 0 aromatic rings. The molecule has 0 saturated heterocycles. The first-order valence-corrected chi connectivity index (χ1v) is 33.0. The predicted octanol–water partition coefficient (Wildman–Crippen LogP) is 22.3. The lowest BCUT2D eigenvalue weighted by Gasteiger charge is -2.22. The first kappa shape index (κ1) is 71.1. The summed E-state index contributed by atoms with van der Waals surface area (Å²) < 4.78 is 0. The van der Waals surface area contributed by atoms with Crippen molar-refractivity contribution in [3.8, 4) is 0 Å². The summed E-state index contributed by atoms with van der Waals surface area (Å²) >= 11 is 0. The minimum Gasteiger partial charge on any atom is -0.394 e. The van der Waals surface area contributed by atoms with E-state index < -0.39 is 12.1 Å². The number of aliphatic hydroxyl groups is 2. The van der Waals surface area contributed by atoms with Crippen molar-refractivity contribution in [2.24, 2.45) is 0 Å². The van der Waals surface area contributed by atoms with Crippen molar-refractivity contribution in [3.05, 3.63) is 60.8 Å². The fourth-order valence-electron chi connectivity index (χ4n) is 10.3. The minimum atomic E-state index is -0.663. The van der Waals surface area contributed by atoms with E-state index in [-0.39, 0.29) is 12.5 Å². The van der Waals surface area contributed by atoms with Crippen LogP contribution in [0.3, 0.4) is 0 Å². The highest BCUT2D eigenvalue weighted by atomic mass is 16.3. The smallest absolute Gasteiger partial charge is 0.220 e. The highest BCUT2D eigenvalue weighted by molar-refractivity contribution is 5.76. The molecule has 3 N–H and O–H groups in total. The van der Waals surface area contributed by atoms with Crippen LogP contribution in [0.25, 0.3) is 0 Å². The van der Waals surface area contributed by atoms with Gasteiger partial charge in [0.05, 0.1) is 18.8 Å². The third-order valence-electron chi connectivity index (χ3n) is 15.3. The van der Waals surface area contributed by atoms with E-state index in [1.165, 1.54) is 270 Å². The van der Waals surface area contributed by atoms with Gasteiger partial charge in [-0.1, -0.05) is 351 Å². The molecule has 0 fully saturated rings. The van der Waals surface area contributed by atoms with E-state index in [1.807, 2.05) is 0 Å². The van der Waals surface area contributed by atoms with E-state index in [1.54, 1.807) is 0 Å². The number of allylic oxidation sites excluding steroid dienone is 10. The van der Waals surface area contributed by atoms with Crippen molar-refractivity contribution < 1.29 is 15.0 Å². The van der Waals surface area contributed by atoms with Crippen LogP contribution in [0.2, 0.25) is 0 Å². The van der Waals surface area contributed by atoms with Crippen molar-refractivity contribution >= 4 is 5.91 Å². The molecule has 0 rings (SSSR count). The lowest BCUT2D eigenvalue weighted by Crippen LogP contribution is -2.45. The number of amides is 1. The van der Waals surface area contributed by atoms with Gasteiger partial charge >= 0.3 is 0 Å². The molecule has 0 spiro atoms. The van der Waals surface area contributed by atoms with Crippen molar-refractivity contribution in [2.75, 3.05) is 6.61 Å². The molecule has 0 heterocycles. The molecule has 0 aliphatic rings. The maximum Gasteiger partial charge on any atom is 0.220 e. The van der Waals surface area contributed by atoms with E-state index in [2.05, 4.69) is 79.9 Å². The molecule has 4 nitrogen and oxygen atoms in total. The zero-order valence-electron chi connectivity index (χ0n) is 49.4. The molecule has 0 bridgehead atoms. The summed E-state index contributed by atoms with van der Waals surface area (Å²) in [6, 6.07) is -0.540. The Morgan fingerprint density at radius 2 is 0.603 bits per heavy atom. The monoisotopic (exact) mass is 1020 g/mol. The second-order valence-electron chi connectivity index (χ2n) is 22.5. The normalized spacial score (nSPS) is 13.1. The lowest BCUT2D eigenvalue weighted by atomic mass is 10.0. The summed E-state index contributed by atoms with van der Waals surface area (Å²) in [5, 5.41) is 23.5. The highest BCUT2D eigenvalue weighted by Crippen LogP contribution is 2.19. The van der Waals surface area contributed by atoms with Crippen LogP contribution in [-0.2, 0) is 4.79 Å². The summed E-state index contributed by atoms with van der Waals surface area (Å²) in [5.74, 6) is -0.0276. The van der Waals surface area contributed by atoms with Crippen LogP contribution in [0.15, 0.2) is 60.8 Å². The summed E-state index contributed by atoms with van der Waals surface area (Å²) in [4.78, 5) is 12.5. The van der Waals surface area contributed by atoms with Gasteiger partial charge in [-0.25, -0.2) is 0 Å². The number of carbonyl (C=O) groups is 1. The number of hydrogen-bond donors (Lipinski definition) is 3. The Balaban J connectivity index is 3.43. The molecule has 0 radical (unpaired) electrons. The van der Waals surface area contributed by atoms with Gasteiger partial charge in [0.25, 0.3) is 0 Å². The summed E-state index contributed by atoms with van der Waals surface area (Å²) in [5.41, 5.74) is 0. The van der Waals surface area contributed by atoms with Gasteiger partial charge in [-0.2, -0.15) is 0 Å². The fraction of sp³-hybridized carbons (Fsp3) is 0.841. The molecule has 1 amide bonds. The Bertz CT molecular complexity index is 1200. The van der Waals surface area contributed by atoms with Crippen molar-refractivity contribution in [2.45, 2.75) is 366 Å². The average Bonchev–Trinajstić information content (AvgIpc) is 3.40. The molecular formula is C69H129NO3. The van der Waals surface area contributed by atoms with E-state index in [4.69, 9.17) is 0 Å². The van der Waals surface area contributed by atoms with Gasteiger partial charge in [-0.15, -0.1) is 0 Å². The maximum absolute atomic E-state index is 12.5. The van der Waals surface area contributed by atoms with E-state index >= 15 is 0 Å². The Morgan fingerprint density at radius 1 is 0.342 bits per heavy atom. The molecule has 0 aromatic heterocycles. The van der Waals surface area contributed by atoms with Gasteiger partial charge in [0, 0.05) is 6.42 Å². The SMILES string of the molecule is CC/C=C\C/C=C\C/C=C\C/C=C\C/C=C\CCCCCCCCCCCCCCCCCC(=O)NC(CO)C(O)CCCCCCCCCCCCCCCCCCCCCCCCCCCCCCCC. The topological polar surface area (TPSA) is 69.6 Å².